The van der Waals surface area contributed by atoms with Crippen LogP contribution in [-0.2, 0) is 11.2 Å². The molecule has 0 aromatic heterocycles. The van der Waals surface area contributed by atoms with Gasteiger partial charge in [-0.3, -0.25) is 4.79 Å². The van der Waals surface area contributed by atoms with Crippen molar-refractivity contribution in [3.8, 4) is 11.5 Å². The Labute approximate surface area is 137 Å². The summed E-state index contributed by atoms with van der Waals surface area (Å²) in [5, 5.41) is 9.81. The van der Waals surface area contributed by atoms with E-state index in [0.717, 1.165) is 24.0 Å². The van der Waals surface area contributed by atoms with Crippen LogP contribution in [0.3, 0.4) is 0 Å². The molecule has 5 nitrogen and oxygen atoms in total. The van der Waals surface area contributed by atoms with Gasteiger partial charge in [0.05, 0.1) is 32.9 Å². The summed E-state index contributed by atoms with van der Waals surface area (Å²) in [5.74, 6) is 1.96. The summed E-state index contributed by atoms with van der Waals surface area (Å²) in [6.07, 6.45) is 3.15. The van der Waals surface area contributed by atoms with Gasteiger partial charge in [-0.2, -0.15) is 0 Å². The number of methoxy groups -OCH3 is 2. The third-order valence-corrected chi connectivity index (χ3v) is 5.31. The summed E-state index contributed by atoms with van der Waals surface area (Å²) in [6.45, 7) is 2.16. The molecule has 3 rings (SSSR count). The van der Waals surface area contributed by atoms with Gasteiger partial charge in [0.15, 0.2) is 11.5 Å². The van der Waals surface area contributed by atoms with Crippen LogP contribution in [-0.4, -0.2) is 42.8 Å². The van der Waals surface area contributed by atoms with Crippen molar-refractivity contribution in [2.45, 2.75) is 44.7 Å². The molecule has 1 aromatic carbocycles. The van der Waals surface area contributed by atoms with E-state index in [2.05, 4.69) is 6.92 Å². The average molecular weight is 319 g/mol. The van der Waals surface area contributed by atoms with Gasteiger partial charge in [0.2, 0.25) is 5.91 Å². The third kappa shape index (κ3) is 2.57. The maximum atomic E-state index is 12.5. The van der Waals surface area contributed by atoms with E-state index in [1.807, 2.05) is 17.0 Å². The zero-order chi connectivity index (χ0) is 16.6. The fourth-order valence-electron chi connectivity index (χ4n) is 4.13. The molecule has 0 saturated carbocycles. The standard InChI is InChI=1S/C18H25NO4/c1-4-11-5-6-17(21)19-13(10-20)7-12-8-15(22-2)16(23-3)9-14(12)18(11)19/h8-9,11,13,18,20H,4-7,10H2,1-3H3/t11-,13+,18-/m1/s1. The van der Waals surface area contributed by atoms with Gasteiger partial charge in [0, 0.05) is 6.42 Å². The molecule has 23 heavy (non-hydrogen) atoms. The van der Waals surface area contributed by atoms with E-state index in [4.69, 9.17) is 9.47 Å². The molecule has 0 aliphatic carbocycles. The topological polar surface area (TPSA) is 59.0 Å². The number of carbonyl (C=O) groups excluding carboxylic acids is 1. The number of carbonyl (C=O) groups is 1. The van der Waals surface area contributed by atoms with Crippen LogP contribution in [0.4, 0.5) is 0 Å². The summed E-state index contributed by atoms with van der Waals surface area (Å²) in [7, 11) is 3.26. The SMILES string of the molecule is CC[C@@H]1CCC(=O)N2[C@H](CO)Cc3cc(OC)c(OC)cc3[C@@H]12. The first-order valence-corrected chi connectivity index (χ1v) is 8.31. The molecule has 1 saturated heterocycles. The second-order valence-corrected chi connectivity index (χ2v) is 6.40. The number of hydrogen-bond donors (Lipinski definition) is 1. The molecule has 1 amide bonds. The lowest BCUT2D eigenvalue weighted by atomic mass is 9.76. The van der Waals surface area contributed by atoms with Crippen LogP contribution in [0.15, 0.2) is 12.1 Å². The third-order valence-electron chi connectivity index (χ3n) is 5.31. The zero-order valence-corrected chi connectivity index (χ0v) is 14.0. The second-order valence-electron chi connectivity index (χ2n) is 6.40. The van der Waals surface area contributed by atoms with E-state index in [-0.39, 0.29) is 24.6 Å². The summed E-state index contributed by atoms with van der Waals surface area (Å²) in [6, 6.07) is 3.90. The highest BCUT2D eigenvalue weighted by atomic mass is 16.5. The Morgan fingerprint density at radius 1 is 1.26 bits per heavy atom. The van der Waals surface area contributed by atoms with E-state index < -0.39 is 0 Å². The minimum absolute atomic E-state index is 0.00748. The van der Waals surface area contributed by atoms with E-state index in [1.54, 1.807) is 14.2 Å². The van der Waals surface area contributed by atoms with Gasteiger partial charge in [-0.15, -0.1) is 0 Å². The maximum Gasteiger partial charge on any atom is 0.223 e. The Kier molecular flexibility index (Phi) is 4.48. The molecule has 5 heteroatoms. The van der Waals surface area contributed by atoms with Gasteiger partial charge >= 0.3 is 0 Å². The van der Waals surface area contributed by atoms with Crippen molar-refractivity contribution in [3.63, 3.8) is 0 Å². The Balaban J connectivity index is 2.14. The molecule has 2 aliphatic rings. The minimum Gasteiger partial charge on any atom is -0.493 e. The van der Waals surface area contributed by atoms with E-state index in [1.165, 1.54) is 0 Å². The number of rotatable bonds is 4. The number of benzene rings is 1. The van der Waals surface area contributed by atoms with Crippen LogP contribution < -0.4 is 9.47 Å². The van der Waals surface area contributed by atoms with Crippen LogP contribution >= 0.6 is 0 Å². The second kappa shape index (κ2) is 6.40. The lowest BCUT2D eigenvalue weighted by Crippen LogP contribution is -2.53. The van der Waals surface area contributed by atoms with Crippen molar-refractivity contribution in [1.82, 2.24) is 4.90 Å². The van der Waals surface area contributed by atoms with Crippen molar-refractivity contribution in [1.29, 1.82) is 0 Å². The van der Waals surface area contributed by atoms with E-state index >= 15 is 0 Å². The molecule has 2 aliphatic heterocycles. The summed E-state index contributed by atoms with van der Waals surface area (Å²) in [4.78, 5) is 14.4. The molecular formula is C18H25NO4. The Hall–Kier alpha value is -1.75. The minimum atomic E-state index is -0.146. The molecule has 0 radical (unpaired) electrons. The van der Waals surface area contributed by atoms with E-state index in [9.17, 15) is 9.90 Å². The highest BCUT2D eigenvalue weighted by molar-refractivity contribution is 5.79. The smallest absolute Gasteiger partial charge is 0.223 e. The number of nitrogens with zero attached hydrogens (tertiary/aromatic N) is 1. The molecule has 1 fully saturated rings. The van der Waals surface area contributed by atoms with Crippen LogP contribution in [0, 0.1) is 5.92 Å². The van der Waals surface area contributed by atoms with Gasteiger partial charge in [0.1, 0.15) is 0 Å². The van der Waals surface area contributed by atoms with Crippen LogP contribution in [0.25, 0.3) is 0 Å². The van der Waals surface area contributed by atoms with Gasteiger partial charge < -0.3 is 19.5 Å². The zero-order valence-electron chi connectivity index (χ0n) is 14.0. The van der Waals surface area contributed by atoms with E-state index in [0.29, 0.717) is 30.3 Å². The maximum absolute atomic E-state index is 12.5. The number of ether oxygens (including phenoxy) is 2. The molecule has 0 unspecified atom stereocenters. The van der Waals surface area contributed by atoms with Crippen molar-refractivity contribution in [2.75, 3.05) is 20.8 Å². The quantitative estimate of drug-likeness (QED) is 0.925. The van der Waals surface area contributed by atoms with Crippen molar-refractivity contribution in [2.24, 2.45) is 5.92 Å². The summed E-state index contributed by atoms with van der Waals surface area (Å²) >= 11 is 0. The monoisotopic (exact) mass is 319 g/mol. The lowest BCUT2D eigenvalue weighted by Gasteiger charge is -2.49. The fraction of sp³-hybridized carbons (Fsp3) is 0.611. The molecule has 0 bridgehead atoms. The molecule has 0 spiro atoms. The predicted molar refractivity (Wildman–Crippen MR) is 86.7 cm³/mol. The number of aliphatic hydroxyl groups is 1. The largest absolute Gasteiger partial charge is 0.493 e. The van der Waals surface area contributed by atoms with Crippen LogP contribution in [0.5, 0.6) is 11.5 Å². The molecule has 126 valence electrons. The molecular weight excluding hydrogens is 294 g/mol. The Bertz CT molecular complexity index is 601. The Morgan fingerprint density at radius 3 is 2.57 bits per heavy atom. The molecule has 2 heterocycles. The first kappa shape index (κ1) is 16.1. The Morgan fingerprint density at radius 2 is 1.96 bits per heavy atom. The predicted octanol–water partition coefficient (Wildman–Crippen LogP) is 2.31. The molecule has 3 atom stereocenters. The van der Waals surface area contributed by atoms with Crippen molar-refractivity contribution < 1.29 is 19.4 Å². The summed E-state index contributed by atoms with van der Waals surface area (Å²) in [5.41, 5.74) is 2.29. The van der Waals surface area contributed by atoms with Crippen LogP contribution in [0.1, 0.15) is 43.4 Å². The van der Waals surface area contributed by atoms with Gasteiger partial charge in [-0.05, 0) is 42.0 Å². The first-order chi connectivity index (χ1) is 11.1. The number of fused-ring (bicyclic) bond motifs is 3. The summed E-state index contributed by atoms with van der Waals surface area (Å²) < 4.78 is 10.9. The number of piperidine rings is 1. The van der Waals surface area contributed by atoms with Gasteiger partial charge in [-0.25, -0.2) is 0 Å². The highest BCUT2D eigenvalue weighted by Gasteiger charge is 2.43. The van der Waals surface area contributed by atoms with Crippen molar-refractivity contribution in [3.05, 3.63) is 23.3 Å². The van der Waals surface area contributed by atoms with Crippen molar-refractivity contribution >= 4 is 5.91 Å². The number of hydrogen-bond acceptors (Lipinski definition) is 4. The highest BCUT2D eigenvalue weighted by Crippen LogP contribution is 2.47. The lowest BCUT2D eigenvalue weighted by molar-refractivity contribution is -0.145. The average Bonchev–Trinajstić information content (AvgIpc) is 2.59. The molecule has 1 N–H and O–H groups in total. The van der Waals surface area contributed by atoms with Gasteiger partial charge in [-0.1, -0.05) is 13.3 Å². The van der Waals surface area contributed by atoms with Gasteiger partial charge in [0.25, 0.3) is 0 Å². The van der Waals surface area contributed by atoms with Crippen LogP contribution in [0.2, 0.25) is 0 Å². The number of aliphatic hydroxyl groups excluding tert-OH is 1. The first-order valence-electron chi connectivity index (χ1n) is 8.31. The molecule has 1 aromatic rings. The normalized spacial score (nSPS) is 26.5. The fourth-order valence-corrected chi connectivity index (χ4v) is 4.13. The number of amides is 1.